The van der Waals surface area contributed by atoms with E-state index in [1.54, 1.807) is 18.2 Å². The topological polar surface area (TPSA) is 64.3 Å². The molecular formula is C19H11BrClN3O2S. The van der Waals surface area contributed by atoms with E-state index in [0.717, 1.165) is 26.9 Å². The molecule has 0 saturated heterocycles. The van der Waals surface area contributed by atoms with Crippen LogP contribution in [0.15, 0.2) is 62.6 Å². The summed E-state index contributed by atoms with van der Waals surface area (Å²) >= 11 is 10.4. The van der Waals surface area contributed by atoms with Crippen molar-refractivity contribution in [2.24, 2.45) is 0 Å². The fourth-order valence-corrected chi connectivity index (χ4v) is 4.04. The molecule has 0 aliphatic carbocycles. The molecule has 2 heterocycles. The number of hydrogen-bond acceptors (Lipinski definition) is 5. The fraction of sp³-hybridized carbons (Fsp3) is 0.0526. The zero-order valence-electron chi connectivity index (χ0n) is 13.7. The summed E-state index contributed by atoms with van der Waals surface area (Å²) in [6.45, 7) is 0. The van der Waals surface area contributed by atoms with Gasteiger partial charge in [-0.1, -0.05) is 63.1 Å². The molecule has 0 aliphatic rings. The quantitative estimate of drug-likeness (QED) is 0.471. The number of aromatic nitrogens is 3. The van der Waals surface area contributed by atoms with Crippen LogP contribution in [0.4, 0.5) is 0 Å². The third-order valence-corrected chi connectivity index (χ3v) is 5.59. The Morgan fingerprint density at radius 2 is 1.93 bits per heavy atom. The highest BCUT2D eigenvalue weighted by Gasteiger charge is 2.11. The molecule has 134 valence electrons. The lowest BCUT2D eigenvalue weighted by atomic mass is 10.1. The summed E-state index contributed by atoms with van der Waals surface area (Å²) in [6, 6.07) is 14.7. The number of nitrogens with zero attached hydrogens (tertiary/aromatic N) is 3. The van der Waals surface area contributed by atoms with Crippen LogP contribution in [0.3, 0.4) is 0 Å². The number of hydrogen-bond donors (Lipinski definition) is 0. The lowest BCUT2D eigenvalue weighted by molar-refractivity contribution is 0.811. The van der Waals surface area contributed by atoms with Crippen molar-refractivity contribution in [2.75, 3.05) is 0 Å². The van der Waals surface area contributed by atoms with Crippen LogP contribution in [0.1, 0.15) is 16.8 Å². The van der Waals surface area contributed by atoms with Crippen molar-refractivity contribution in [2.45, 2.75) is 6.42 Å². The highest BCUT2D eigenvalue weighted by molar-refractivity contribution is 9.10. The van der Waals surface area contributed by atoms with Crippen molar-refractivity contribution in [3.63, 3.8) is 0 Å². The molecule has 5 nitrogen and oxygen atoms in total. The average molecular weight is 461 g/mol. The van der Waals surface area contributed by atoms with Crippen molar-refractivity contribution in [3.05, 3.63) is 100 Å². The van der Waals surface area contributed by atoms with Gasteiger partial charge in [0.25, 0.3) is 11.1 Å². The zero-order chi connectivity index (χ0) is 19.0. The van der Waals surface area contributed by atoms with E-state index in [9.17, 15) is 9.59 Å². The summed E-state index contributed by atoms with van der Waals surface area (Å²) in [7, 11) is 0. The molecule has 0 atom stereocenters. The Morgan fingerprint density at radius 3 is 2.67 bits per heavy atom. The monoisotopic (exact) mass is 459 g/mol. The predicted octanol–water partition coefficient (Wildman–Crippen LogP) is 3.07. The van der Waals surface area contributed by atoms with E-state index < -0.39 is 5.56 Å². The maximum Gasteiger partial charge on any atom is 0.296 e. The summed E-state index contributed by atoms with van der Waals surface area (Å²) in [4.78, 5) is 29.3. The second kappa shape index (κ2) is 7.34. The van der Waals surface area contributed by atoms with Crippen molar-refractivity contribution in [3.8, 4) is 0 Å². The molecule has 0 unspecified atom stereocenters. The van der Waals surface area contributed by atoms with Crippen molar-refractivity contribution in [1.82, 2.24) is 14.6 Å². The van der Waals surface area contributed by atoms with Gasteiger partial charge in [0.1, 0.15) is 5.69 Å². The standard InChI is InChI=1S/C19H11BrClN3O2S/c20-13-3-1-2-12(8-13)10-16-18(26)24-19(27-16)22-17(25)15(23-24)9-11-4-6-14(21)7-5-11/h1-8,10H,9H2/b16-10-. The first kappa shape index (κ1) is 18.0. The van der Waals surface area contributed by atoms with Gasteiger partial charge in [-0.2, -0.15) is 14.6 Å². The Morgan fingerprint density at radius 1 is 1.15 bits per heavy atom. The van der Waals surface area contributed by atoms with Crippen molar-refractivity contribution >= 4 is 49.9 Å². The van der Waals surface area contributed by atoms with Gasteiger partial charge in [-0.25, -0.2) is 0 Å². The number of thiazole rings is 1. The Bertz CT molecular complexity index is 1320. The average Bonchev–Trinajstić information content (AvgIpc) is 2.92. The summed E-state index contributed by atoms with van der Waals surface area (Å²) in [5.74, 6) is 0. The van der Waals surface area contributed by atoms with Gasteiger partial charge in [0.05, 0.1) is 4.53 Å². The number of halogens is 2. The summed E-state index contributed by atoms with van der Waals surface area (Å²) in [5.41, 5.74) is 1.24. The molecular weight excluding hydrogens is 450 g/mol. The maximum atomic E-state index is 12.7. The molecule has 2 aromatic carbocycles. The minimum atomic E-state index is -0.430. The van der Waals surface area contributed by atoms with Gasteiger partial charge in [0.2, 0.25) is 4.96 Å². The lowest BCUT2D eigenvalue weighted by Crippen LogP contribution is -2.28. The van der Waals surface area contributed by atoms with Crippen molar-refractivity contribution < 1.29 is 0 Å². The molecule has 4 aromatic rings. The van der Waals surface area contributed by atoms with Gasteiger partial charge in [-0.3, -0.25) is 9.59 Å². The Balaban J connectivity index is 1.80. The second-order valence-electron chi connectivity index (χ2n) is 5.83. The molecule has 0 spiro atoms. The molecule has 0 fully saturated rings. The highest BCUT2D eigenvalue weighted by Crippen LogP contribution is 2.13. The van der Waals surface area contributed by atoms with Crippen LogP contribution in [0.2, 0.25) is 5.02 Å². The minimum Gasteiger partial charge on any atom is -0.266 e. The third-order valence-electron chi connectivity index (χ3n) is 3.88. The molecule has 0 saturated carbocycles. The van der Waals surface area contributed by atoms with Crippen LogP contribution in [0, 0.1) is 0 Å². The molecule has 0 amide bonds. The molecule has 8 heteroatoms. The second-order valence-corrected chi connectivity index (χ2v) is 8.19. The number of fused-ring (bicyclic) bond motifs is 1. The summed E-state index contributed by atoms with van der Waals surface area (Å²) in [5, 5.41) is 4.86. The summed E-state index contributed by atoms with van der Waals surface area (Å²) < 4.78 is 2.58. The highest BCUT2D eigenvalue weighted by atomic mass is 79.9. The normalized spacial score (nSPS) is 12.0. The maximum absolute atomic E-state index is 12.7. The smallest absolute Gasteiger partial charge is 0.266 e. The first-order valence-corrected chi connectivity index (χ1v) is 9.93. The first-order chi connectivity index (χ1) is 13.0. The molecule has 2 aromatic heterocycles. The SMILES string of the molecule is O=c1nc2s/c(=C\c3cccc(Br)c3)c(=O)n2nc1Cc1ccc(Cl)cc1. The molecule has 0 N–H and O–H groups in total. The van der Waals surface area contributed by atoms with Crippen LogP contribution >= 0.6 is 38.9 Å². The molecule has 4 rings (SSSR count). The van der Waals surface area contributed by atoms with Crippen LogP contribution in [-0.2, 0) is 6.42 Å². The van der Waals surface area contributed by atoms with E-state index >= 15 is 0 Å². The Hall–Kier alpha value is -2.35. The Kier molecular flexibility index (Phi) is 4.90. The van der Waals surface area contributed by atoms with Crippen molar-refractivity contribution in [1.29, 1.82) is 0 Å². The molecule has 27 heavy (non-hydrogen) atoms. The van der Waals surface area contributed by atoms with E-state index in [0.29, 0.717) is 9.55 Å². The van der Waals surface area contributed by atoms with Gasteiger partial charge in [-0.15, -0.1) is 0 Å². The predicted molar refractivity (Wildman–Crippen MR) is 111 cm³/mol. The van der Waals surface area contributed by atoms with Crippen LogP contribution in [0.25, 0.3) is 11.0 Å². The van der Waals surface area contributed by atoms with E-state index in [-0.39, 0.29) is 22.6 Å². The zero-order valence-corrected chi connectivity index (χ0v) is 16.9. The van der Waals surface area contributed by atoms with E-state index in [2.05, 4.69) is 26.0 Å². The number of benzene rings is 2. The van der Waals surface area contributed by atoms with Crippen LogP contribution in [0.5, 0.6) is 0 Å². The number of rotatable bonds is 3. The third kappa shape index (κ3) is 3.85. The van der Waals surface area contributed by atoms with Gasteiger partial charge in [-0.05, 0) is 41.5 Å². The van der Waals surface area contributed by atoms with Crippen LogP contribution < -0.4 is 15.7 Å². The van der Waals surface area contributed by atoms with E-state index in [1.165, 1.54) is 4.52 Å². The first-order valence-electron chi connectivity index (χ1n) is 7.94. The van der Waals surface area contributed by atoms with Gasteiger partial charge >= 0.3 is 0 Å². The molecule has 0 radical (unpaired) electrons. The summed E-state index contributed by atoms with van der Waals surface area (Å²) in [6.07, 6.45) is 2.05. The molecule has 0 bridgehead atoms. The Labute approximate surface area is 170 Å². The van der Waals surface area contributed by atoms with Gasteiger partial charge in [0, 0.05) is 15.9 Å². The van der Waals surface area contributed by atoms with Gasteiger partial charge in [0.15, 0.2) is 0 Å². The minimum absolute atomic E-state index is 0.221. The van der Waals surface area contributed by atoms with E-state index in [4.69, 9.17) is 11.6 Å². The van der Waals surface area contributed by atoms with Gasteiger partial charge < -0.3 is 0 Å². The lowest BCUT2D eigenvalue weighted by Gasteiger charge is -2.00. The largest absolute Gasteiger partial charge is 0.296 e. The van der Waals surface area contributed by atoms with E-state index in [1.807, 2.05) is 36.4 Å². The van der Waals surface area contributed by atoms with Crippen LogP contribution in [-0.4, -0.2) is 14.6 Å². The fourth-order valence-electron chi connectivity index (χ4n) is 2.60. The molecule has 0 aliphatic heterocycles.